The molecule has 0 bridgehead atoms. The number of nitrogens with one attached hydrogen (secondary N) is 1. The van der Waals surface area contributed by atoms with E-state index in [1.54, 1.807) is 0 Å². The molecule has 2 heteroatoms. The minimum atomic E-state index is 0.556. The van der Waals surface area contributed by atoms with E-state index < -0.39 is 0 Å². The van der Waals surface area contributed by atoms with E-state index in [2.05, 4.69) is 43.4 Å². The summed E-state index contributed by atoms with van der Waals surface area (Å²) >= 11 is 0. The fourth-order valence-electron chi connectivity index (χ4n) is 2.04. The SMILES string of the molecule is Cc1cccc(NC2CCOCC2C)c1. The van der Waals surface area contributed by atoms with Gasteiger partial charge in [0.15, 0.2) is 0 Å². The molecule has 1 N–H and O–H groups in total. The van der Waals surface area contributed by atoms with E-state index in [1.807, 2.05) is 0 Å². The van der Waals surface area contributed by atoms with E-state index in [1.165, 1.54) is 11.3 Å². The van der Waals surface area contributed by atoms with Crippen molar-refractivity contribution < 1.29 is 4.74 Å². The fraction of sp³-hybridized carbons (Fsp3) is 0.538. The molecule has 1 fully saturated rings. The zero-order valence-corrected chi connectivity index (χ0v) is 9.49. The Morgan fingerprint density at radius 2 is 2.27 bits per heavy atom. The van der Waals surface area contributed by atoms with Crippen LogP contribution in [0, 0.1) is 12.8 Å². The molecule has 2 nitrogen and oxygen atoms in total. The van der Waals surface area contributed by atoms with Crippen molar-refractivity contribution in [2.45, 2.75) is 26.3 Å². The van der Waals surface area contributed by atoms with Crippen molar-refractivity contribution >= 4 is 5.69 Å². The van der Waals surface area contributed by atoms with Crippen molar-refractivity contribution in [1.82, 2.24) is 0 Å². The van der Waals surface area contributed by atoms with Gasteiger partial charge in [0.1, 0.15) is 0 Å². The van der Waals surface area contributed by atoms with Crippen molar-refractivity contribution in [3.63, 3.8) is 0 Å². The quantitative estimate of drug-likeness (QED) is 0.801. The molecular formula is C13H19NO. The van der Waals surface area contributed by atoms with E-state index in [-0.39, 0.29) is 0 Å². The lowest BCUT2D eigenvalue weighted by Gasteiger charge is -2.30. The van der Waals surface area contributed by atoms with Crippen molar-refractivity contribution in [1.29, 1.82) is 0 Å². The molecule has 1 aliphatic rings. The Balaban J connectivity index is 2.01. The molecule has 0 amide bonds. The third-order valence-electron chi connectivity index (χ3n) is 3.01. The van der Waals surface area contributed by atoms with E-state index in [0.717, 1.165) is 19.6 Å². The van der Waals surface area contributed by atoms with Gasteiger partial charge in [0.05, 0.1) is 6.61 Å². The predicted molar refractivity (Wildman–Crippen MR) is 63.2 cm³/mol. The summed E-state index contributed by atoms with van der Waals surface area (Å²) in [6, 6.07) is 9.11. The molecule has 2 rings (SSSR count). The molecule has 1 heterocycles. The summed E-state index contributed by atoms with van der Waals surface area (Å²) in [7, 11) is 0. The van der Waals surface area contributed by atoms with Crippen LogP contribution >= 0.6 is 0 Å². The highest BCUT2D eigenvalue weighted by molar-refractivity contribution is 5.46. The first kappa shape index (κ1) is 10.5. The van der Waals surface area contributed by atoms with E-state index in [0.29, 0.717) is 12.0 Å². The molecule has 2 unspecified atom stereocenters. The average Bonchev–Trinajstić information content (AvgIpc) is 2.22. The molecule has 1 aliphatic heterocycles. The first-order valence-corrected chi connectivity index (χ1v) is 5.66. The largest absolute Gasteiger partial charge is 0.382 e. The number of anilines is 1. The van der Waals surface area contributed by atoms with Crippen LogP contribution in [0.25, 0.3) is 0 Å². The lowest BCUT2D eigenvalue weighted by molar-refractivity contribution is 0.0538. The molecule has 0 radical (unpaired) electrons. The van der Waals surface area contributed by atoms with E-state index in [9.17, 15) is 0 Å². The summed E-state index contributed by atoms with van der Waals surface area (Å²) in [4.78, 5) is 0. The highest BCUT2D eigenvalue weighted by atomic mass is 16.5. The third kappa shape index (κ3) is 2.72. The standard InChI is InChI=1S/C13H19NO/c1-10-4-3-5-12(8-10)14-13-6-7-15-9-11(13)2/h3-5,8,11,13-14H,6-7,9H2,1-2H3. The van der Waals surface area contributed by atoms with Gasteiger partial charge in [-0.25, -0.2) is 0 Å². The molecule has 2 atom stereocenters. The molecule has 1 saturated heterocycles. The summed E-state index contributed by atoms with van der Waals surface area (Å²) < 4.78 is 5.43. The maximum Gasteiger partial charge on any atom is 0.0511 e. The maximum atomic E-state index is 5.43. The van der Waals surface area contributed by atoms with Crippen LogP contribution in [0.4, 0.5) is 5.69 Å². The van der Waals surface area contributed by atoms with Gasteiger partial charge >= 0.3 is 0 Å². The maximum absolute atomic E-state index is 5.43. The van der Waals surface area contributed by atoms with Gasteiger partial charge in [-0.2, -0.15) is 0 Å². The summed E-state index contributed by atoms with van der Waals surface area (Å²) in [6.45, 7) is 6.13. The minimum absolute atomic E-state index is 0.556. The van der Waals surface area contributed by atoms with Crippen LogP contribution in [-0.4, -0.2) is 19.3 Å². The van der Waals surface area contributed by atoms with E-state index >= 15 is 0 Å². The Bertz CT molecular complexity index is 324. The Hall–Kier alpha value is -1.02. The van der Waals surface area contributed by atoms with Crippen molar-refractivity contribution in [3.8, 4) is 0 Å². The lowest BCUT2D eigenvalue weighted by atomic mass is 9.97. The van der Waals surface area contributed by atoms with Crippen LogP contribution < -0.4 is 5.32 Å². The van der Waals surface area contributed by atoms with Crippen molar-refractivity contribution in [2.75, 3.05) is 18.5 Å². The zero-order valence-electron chi connectivity index (χ0n) is 9.49. The average molecular weight is 205 g/mol. The molecule has 0 aromatic heterocycles. The first-order chi connectivity index (χ1) is 7.25. The summed E-state index contributed by atoms with van der Waals surface area (Å²) in [6.07, 6.45) is 1.11. The highest BCUT2D eigenvalue weighted by Gasteiger charge is 2.21. The Morgan fingerprint density at radius 1 is 1.40 bits per heavy atom. The van der Waals surface area contributed by atoms with Gasteiger partial charge in [-0.05, 0) is 37.0 Å². The molecule has 1 aromatic carbocycles. The predicted octanol–water partition coefficient (Wildman–Crippen LogP) is 2.83. The number of hydrogen-bond acceptors (Lipinski definition) is 2. The second-order valence-electron chi connectivity index (χ2n) is 4.46. The summed E-state index contributed by atoms with van der Waals surface area (Å²) in [5, 5.41) is 3.59. The van der Waals surface area contributed by atoms with Crippen molar-refractivity contribution in [2.24, 2.45) is 5.92 Å². The molecular weight excluding hydrogens is 186 g/mol. The van der Waals surface area contributed by atoms with Crippen LogP contribution in [0.3, 0.4) is 0 Å². The fourth-order valence-corrected chi connectivity index (χ4v) is 2.04. The van der Waals surface area contributed by atoms with Crippen LogP contribution in [-0.2, 0) is 4.74 Å². The number of rotatable bonds is 2. The Labute approximate surface area is 91.6 Å². The van der Waals surface area contributed by atoms with Crippen LogP contribution in [0.2, 0.25) is 0 Å². The molecule has 0 aliphatic carbocycles. The van der Waals surface area contributed by atoms with Crippen LogP contribution in [0.5, 0.6) is 0 Å². The van der Waals surface area contributed by atoms with Gasteiger partial charge in [-0.15, -0.1) is 0 Å². The highest BCUT2D eigenvalue weighted by Crippen LogP contribution is 2.19. The Morgan fingerprint density at radius 3 is 3.00 bits per heavy atom. The molecule has 1 aromatic rings. The number of hydrogen-bond donors (Lipinski definition) is 1. The van der Waals surface area contributed by atoms with Gasteiger partial charge in [-0.3, -0.25) is 0 Å². The number of ether oxygens (including phenoxy) is 1. The minimum Gasteiger partial charge on any atom is -0.382 e. The van der Waals surface area contributed by atoms with E-state index in [4.69, 9.17) is 4.74 Å². The van der Waals surface area contributed by atoms with Gasteiger partial charge in [0.2, 0.25) is 0 Å². The van der Waals surface area contributed by atoms with Gasteiger partial charge in [0, 0.05) is 18.3 Å². The van der Waals surface area contributed by atoms with Gasteiger partial charge in [0.25, 0.3) is 0 Å². The van der Waals surface area contributed by atoms with Crippen LogP contribution in [0.1, 0.15) is 18.9 Å². The second-order valence-corrected chi connectivity index (χ2v) is 4.46. The monoisotopic (exact) mass is 205 g/mol. The second kappa shape index (κ2) is 4.67. The Kier molecular flexibility index (Phi) is 3.27. The molecule has 0 saturated carbocycles. The first-order valence-electron chi connectivity index (χ1n) is 5.66. The molecule has 0 spiro atoms. The van der Waals surface area contributed by atoms with Gasteiger partial charge < -0.3 is 10.1 Å². The smallest absolute Gasteiger partial charge is 0.0511 e. The number of benzene rings is 1. The van der Waals surface area contributed by atoms with Crippen LogP contribution in [0.15, 0.2) is 24.3 Å². The lowest BCUT2D eigenvalue weighted by Crippen LogP contribution is -2.35. The third-order valence-corrected chi connectivity index (χ3v) is 3.01. The van der Waals surface area contributed by atoms with Crippen molar-refractivity contribution in [3.05, 3.63) is 29.8 Å². The number of aryl methyl sites for hydroxylation is 1. The molecule has 82 valence electrons. The zero-order chi connectivity index (χ0) is 10.7. The molecule has 15 heavy (non-hydrogen) atoms. The summed E-state index contributed by atoms with van der Waals surface area (Å²) in [5.41, 5.74) is 2.54. The topological polar surface area (TPSA) is 21.3 Å². The normalized spacial score (nSPS) is 26.3. The van der Waals surface area contributed by atoms with Gasteiger partial charge in [-0.1, -0.05) is 19.1 Å². The summed E-state index contributed by atoms with van der Waals surface area (Å²) in [5.74, 6) is 0.597.